The molecule has 2 aromatic rings. The highest BCUT2D eigenvalue weighted by atomic mass is 35.5. The van der Waals surface area contributed by atoms with Crippen molar-refractivity contribution < 1.29 is 0 Å². The lowest BCUT2D eigenvalue weighted by atomic mass is 10.1. The number of rotatable bonds is 1. The van der Waals surface area contributed by atoms with E-state index >= 15 is 0 Å². The minimum Gasteiger partial charge on any atom is -0.244 e. The molecule has 0 saturated heterocycles. The number of pyridine rings is 2. The predicted molar refractivity (Wildman–Crippen MR) is 67.0 cm³/mol. The Bertz CT molecular complexity index is 489. The largest absolute Gasteiger partial charge is 0.244 e. The highest BCUT2D eigenvalue weighted by Gasteiger charge is 2.10. The van der Waals surface area contributed by atoms with Crippen molar-refractivity contribution in [1.82, 2.24) is 9.97 Å². The Morgan fingerprint density at radius 2 is 1.88 bits per heavy atom. The molecule has 2 nitrogen and oxygen atoms in total. The molecule has 0 spiro atoms. The summed E-state index contributed by atoms with van der Waals surface area (Å²) < 4.78 is 0. The molecule has 0 N–H and O–H groups in total. The molecule has 0 unspecified atom stereocenters. The highest BCUT2D eigenvalue weighted by Crippen LogP contribution is 2.28. The van der Waals surface area contributed by atoms with Crippen molar-refractivity contribution in [2.75, 3.05) is 0 Å². The van der Waals surface area contributed by atoms with Crippen LogP contribution in [0.15, 0.2) is 24.4 Å². The minimum atomic E-state index is 0.448. The maximum absolute atomic E-state index is 6.06. The third-order valence-electron chi connectivity index (χ3n) is 2.29. The van der Waals surface area contributed by atoms with Gasteiger partial charge in [-0.05, 0) is 37.1 Å². The molecule has 0 saturated carbocycles. The van der Waals surface area contributed by atoms with Crippen molar-refractivity contribution >= 4 is 23.2 Å². The fourth-order valence-corrected chi connectivity index (χ4v) is 1.84. The number of hydrogen-bond acceptors (Lipinski definition) is 2. The first-order valence-electron chi connectivity index (χ1n) is 4.83. The van der Waals surface area contributed by atoms with E-state index in [2.05, 4.69) is 9.97 Å². The molecule has 0 atom stereocenters. The third-order valence-corrected chi connectivity index (χ3v) is 2.81. The molecule has 82 valence electrons. The molecule has 0 aliphatic rings. The lowest BCUT2D eigenvalue weighted by Crippen LogP contribution is -1.92. The maximum atomic E-state index is 6.06. The van der Waals surface area contributed by atoms with E-state index in [9.17, 15) is 0 Å². The molecule has 0 fully saturated rings. The van der Waals surface area contributed by atoms with Crippen LogP contribution in [-0.4, -0.2) is 9.97 Å². The van der Waals surface area contributed by atoms with Gasteiger partial charge in [-0.1, -0.05) is 29.3 Å². The lowest BCUT2D eigenvalue weighted by molar-refractivity contribution is 1.22. The molecule has 16 heavy (non-hydrogen) atoms. The van der Waals surface area contributed by atoms with Crippen LogP contribution in [0.3, 0.4) is 0 Å². The van der Waals surface area contributed by atoms with Gasteiger partial charge in [-0.25, -0.2) is 9.97 Å². The fraction of sp³-hybridized carbons (Fsp3) is 0.167. The van der Waals surface area contributed by atoms with Gasteiger partial charge in [0, 0.05) is 11.8 Å². The van der Waals surface area contributed by atoms with E-state index in [0.717, 1.165) is 22.4 Å². The standard InChI is InChI=1S/C12H10Cl2N2/c1-7-5-9(12(14)15-6-7)11-8(2)3-4-10(13)16-11/h3-6H,1-2H3. The zero-order chi connectivity index (χ0) is 11.7. The summed E-state index contributed by atoms with van der Waals surface area (Å²) in [5, 5.41) is 0.904. The zero-order valence-corrected chi connectivity index (χ0v) is 10.5. The Balaban J connectivity index is 2.66. The maximum Gasteiger partial charge on any atom is 0.138 e. The molecule has 0 bridgehead atoms. The van der Waals surface area contributed by atoms with E-state index in [1.807, 2.05) is 26.0 Å². The molecule has 0 aromatic carbocycles. The topological polar surface area (TPSA) is 25.8 Å². The summed E-state index contributed by atoms with van der Waals surface area (Å²) in [5.41, 5.74) is 3.68. The monoisotopic (exact) mass is 252 g/mol. The van der Waals surface area contributed by atoms with E-state index < -0.39 is 0 Å². The normalized spacial score (nSPS) is 10.5. The van der Waals surface area contributed by atoms with Gasteiger partial charge in [0.25, 0.3) is 0 Å². The van der Waals surface area contributed by atoms with Crippen molar-refractivity contribution in [2.45, 2.75) is 13.8 Å². The van der Waals surface area contributed by atoms with E-state index in [4.69, 9.17) is 23.2 Å². The summed E-state index contributed by atoms with van der Waals surface area (Å²) in [7, 11) is 0. The second-order valence-electron chi connectivity index (χ2n) is 3.65. The number of hydrogen-bond donors (Lipinski definition) is 0. The molecule has 2 aromatic heterocycles. The van der Waals surface area contributed by atoms with Crippen molar-refractivity contribution in [1.29, 1.82) is 0 Å². The van der Waals surface area contributed by atoms with Crippen molar-refractivity contribution in [3.63, 3.8) is 0 Å². The lowest BCUT2D eigenvalue weighted by Gasteiger charge is -2.07. The van der Waals surface area contributed by atoms with Crippen LogP contribution in [0.4, 0.5) is 0 Å². The van der Waals surface area contributed by atoms with Gasteiger partial charge < -0.3 is 0 Å². The second kappa shape index (κ2) is 4.40. The minimum absolute atomic E-state index is 0.448. The van der Waals surface area contributed by atoms with Crippen molar-refractivity contribution in [3.05, 3.63) is 45.8 Å². The van der Waals surface area contributed by atoms with E-state index in [0.29, 0.717) is 10.3 Å². The van der Waals surface area contributed by atoms with Gasteiger partial charge in [0.05, 0.1) is 5.69 Å². The first-order valence-corrected chi connectivity index (χ1v) is 5.59. The Morgan fingerprint density at radius 3 is 2.62 bits per heavy atom. The van der Waals surface area contributed by atoms with Gasteiger partial charge in [-0.3, -0.25) is 0 Å². The van der Waals surface area contributed by atoms with Gasteiger partial charge in [0.15, 0.2) is 0 Å². The number of halogens is 2. The van der Waals surface area contributed by atoms with E-state index in [1.54, 1.807) is 12.3 Å². The fourth-order valence-electron chi connectivity index (χ4n) is 1.50. The Kier molecular flexibility index (Phi) is 3.13. The Labute approximate surface area is 104 Å². The highest BCUT2D eigenvalue weighted by molar-refractivity contribution is 6.32. The van der Waals surface area contributed by atoms with Crippen LogP contribution in [0.5, 0.6) is 0 Å². The SMILES string of the molecule is Cc1cnc(Cl)c(-c2nc(Cl)ccc2C)c1. The van der Waals surface area contributed by atoms with Gasteiger partial charge >= 0.3 is 0 Å². The van der Waals surface area contributed by atoms with Crippen LogP contribution in [-0.2, 0) is 0 Å². The average Bonchev–Trinajstić information content (AvgIpc) is 2.25. The van der Waals surface area contributed by atoms with E-state index in [-0.39, 0.29) is 0 Å². The summed E-state index contributed by atoms with van der Waals surface area (Å²) in [6.45, 7) is 3.93. The molecule has 2 heterocycles. The summed E-state index contributed by atoms with van der Waals surface area (Å²) in [6, 6.07) is 5.64. The van der Waals surface area contributed by atoms with Gasteiger partial charge in [0.2, 0.25) is 0 Å². The van der Waals surface area contributed by atoms with Crippen LogP contribution in [0, 0.1) is 13.8 Å². The van der Waals surface area contributed by atoms with Gasteiger partial charge in [0.1, 0.15) is 10.3 Å². The Hall–Kier alpha value is -1.12. The van der Waals surface area contributed by atoms with Gasteiger partial charge in [-0.15, -0.1) is 0 Å². The quantitative estimate of drug-likeness (QED) is 0.716. The average molecular weight is 253 g/mol. The molecule has 0 amide bonds. The van der Waals surface area contributed by atoms with Crippen molar-refractivity contribution in [2.24, 2.45) is 0 Å². The summed E-state index contributed by atoms with van der Waals surface area (Å²) in [4.78, 5) is 8.39. The molecule has 0 aliphatic heterocycles. The first kappa shape index (κ1) is 11.4. The zero-order valence-electron chi connectivity index (χ0n) is 8.96. The van der Waals surface area contributed by atoms with Crippen LogP contribution in [0.1, 0.15) is 11.1 Å². The van der Waals surface area contributed by atoms with Crippen LogP contribution in [0.2, 0.25) is 10.3 Å². The van der Waals surface area contributed by atoms with Crippen LogP contribution < -0.4 is 0 Å². The number of aryl methyl sites for hydroxylation is 2. The molecular formula is C12H10Cl2N2. The summed E-state index contributed by atoms with van der Waals surface area (Å²) in [5.74, 6) is 0. The van der Waals surface area contributed by atoms with Crippen molar-refractivity contribution in [3.8, 4) is 11.3 Å². The molecule has 0 aliphatic carbocycles. The van der Waals surface area contributed by atoms with Gasteiger partial charge in [-0.2, -0.15) is 0 Å². The van der Waals surface area contributed by atoms with E-state index in [1.165, 1.54) is 0 Å². The summed E-state index contributed by atoms with van der Waals surface area (Å²) in [6.07, 6.45) is 1.73. The van der Waals surface area contributed by atoms with Crippen LogP contribution >= 0.6 is 23.2 Å². The smallest absolute Gasteiger partial charge is 0.138 e. The predicted octanol–water partition coefficient (Wildman–Crippen LogP) is 4.07. The second-order valence-corrected chi connectivity index (χ2v) is 4.40. The third kappa shape index (κ3) is 2.18. The first-order chi connectivity index (χ1) is 7.58. The van der Waals surface area contributed by atoms with Crippen LogP contribution in [0.25, 0.3) is 11.3 Å². The number of aromatic nitrogens is 2. The molecule has 2 rings (SSSR count). The molecule has 4 heteroatoms. The Morgan fingerprint density at radius 1 is 1.12 bits per heavy atom. The summed E-state index contributed by atoms with van der Waals surface area (Å²) >= 11 is 11.9. The molecular weight excluding hydrogens is 243 g/mol. The molecule has 0 radical (unpaired) electrons. The number of nitrogens with zero attached hydrogens (tertiary/aromatic N) is 2.